The standard InChI is InChI=1S/C23H23N3O4/c1-13-4-6-16(7-5-13)21-20-18(12-30-22(20)28)26(23(29)25-21)11-19(27)24-17-9-14(2)8-15(3)10-17/h4-10,21H,11-12H2,1-3H3,(H,24,27)(H,25,29)/t21-/m0/s1. The summed E-state index contributed by atoms with van der Waals surface area (Å²) in [5.41, 5.74) is 5.40. The number of urea groups is 1. The molecule has 154 valence electrons. The molecule has 0 saturated carbocycles. The van der Waals surface area contributed by atoms with Crippen molar-refractivity contribution in [1.29, 1.82) is 0 Å². The number of carbonyl (C=O) groups excluding carboxylic acids is 3. The van der Waals surface area contributed by atoms with E-state index in [2.05, 4.69) is 10.6 Å². The van der Waals surface area contributed by atoms with Crippen LogP contribution in [0.1, 0.15) is 28.3 Å². The van der Waals surface area contributed by atoms with Gasteiger partial charge in [-0.15, -0.1) is 0 Å². The molecule has 0 spiro atoms. The highest BCUT2D eigenvalue weighted by atomic mass is 16.5. The van der Waals surface area contributed by atoms with Gasteiger partial charge < -0.3 is 15.4 Å². The summed E-state index contributed by atoms with van der Waals surface area (Å²) in [6.45, 7) is 5.62. The number of nitrogens with one attached hydrogen (secondary N) is 2. The molecular formula is C23H23N3O4. The van der Waals surface area contributed by atoms with Crippen molar-refractivity contribution in [3.05, 3.63) is 76.0 Å². The zero-order valence-electron chi connectivity index (χ0n) is 17.1. The van der Waals surface area contributed by atoms with Crippen LogP contribution in [0.4, 0.5) is 10.5 Å². The lowest BCUT2D eigenvalue weighted by Crippen LogP contribution is -2.49. The maximum Gasteiger partial charge on any atom is 0.338 e. The first-order chi connectivity index (χ1) is 14.3. The van der Waals surface area contributed by atoms with E-state index in [1.807, 2.05) is 63.2 Å². The van der Waals surface area contributed by atoms with Crippen LogP contribution in [-0.4, -0.2) is 36.0 Å². The van der Waals surface area contributed by atoms with E-state index in [1.165, 1.54) is 4.90 Å². The first kappa shape index (κ1) is 19.7. The van der Waals surface area contributed by atoms with Crippen LogP contribution in [-0.2, 0) is 14.3 Å². The SMILES string of the molecule is Cc1ccc([C@@H]2NC(=O)N(CC(=O)Nc3cc(C)cc(C)c3)C3=C2C(=O)OC3)cc1. The van der Waals surface area contributed by atoms with Crippen LogP contribution >= 0.6 is 0 Å². The average molecular weight is 405 g/mol. The lowest BCUT2D eigenvalue weighted by Gasteiger charge is -2.32. The van der Waals surface area contributed by atoms with Gasteiger partial charge in [-0.1, -0.05) is 35.9 Å². The van der Waals surface area contributed by atoms with Crippen molar-refractivity contribution < 1.29 is 19.1 Å². The highest BCUT2D eigenvalue weighted by Gasteiger charge is 2.42. The summed E-state index contributed by atoms with van der Waals surface area (Å²) in [5.74, 6) is -0.828. The van der Waals surface area contributed by atoms with Crippen molar-refractivity contribution in [3.8, 4) is 0 Å². The Labute approximate surface area is 174 Å². The predicted molar refractivity (Wildman–Crippen MR) is 112 cm³/mol. The smallest absolute Gasteiger partial charge is 0.338 e. The minimum absolute atomic E-state index is 0.0270. The van der Waals surface area contributed by atoms with Crippen molar-refractivity contribution in [2.24, 2.45) is 0 Å². The van der Waals surface area contributed by atoms with Gasteiger partial charge in [0, 0.05) is 5.69 Å². The topological polar surface area (TPSA) is 87.7 Å². The van der Waals surface area contributed by atoms with Crippen LogP contribution in [0.5, 0.6) is 0 Å². The third kappa shape index (κ3) is 3.78. The summed E-state index contributed by atoms with van der Waals surface area (Å²) < 4.78 is 5.21. The highest BCUT2D eigenvalue weighted by Crippen LogP contribution is 2.35. The predicted octanol–water partition coefficient (Wildman–Crippen LogP) is 3.13. The van der Waals surface area contributed by atoms with Gasteiger partial charge in [-0.25, -0.2) is 9.59 Å². The summed E-state index contributed by atoms with van der Waals surface area (Å²) in [7, 11) is 0. The number of hydrogen-bond donors (Lipinski definition) is 2. The van der Waals surface area contributed by atoms with Crippen LogP contribution in [0.2, 0.25) is 0 Å². The van der Waals surface area contributed by atoms with Crippen LogP contribution in [0.15, 0.2) is 53.7 Å². The zero-order valence-corrected chi connectivity index (χ0v) is 17.1. The molecule has 1 atom stereocenters. The molecule has 0 radical (unpaired) electrons. The number of rotatable bonds is 4. The first-order valence-electron chi connectivity index (χ1n) is 9.75. The normalized spacial score (nSPS) is 18.1. The maximum atomic E-state index is 12.8. The Balaban J connectivity index is 1.59. The van der Waals surface area contributed by atoms with Gasteiger partial charge in [0.25, 0.3) is 0 Å². The summed E-state index contributed by atoms with van der Waals surface area (Å²) in [4.78, 5) is 39.1. The van der Waals surface area contributed by atoms with Gasteiger partial charge in [-0.3, -0.25) is 9.69 Å². The van der Waals surface area contributed by atoms with Crippen LogP contribution in [0, 0.1) is 20.8 Å². The number of ether oxygens (including phenoxy) is 1. The molecule has 0 aliphatic carbocycles. The fourth-order valence-electron chi connectivity index (χ4n) is 3.88. The van der Waals surface area contributed by atoms with E-state index in [1.54, 1.807) is 0 Å². The molecular weight excluding hydrogens is 382 g/mol. The quantitative estimate of drug-likeness (QED) is 0.765. The molecule has 4 rings (SSSR count). The van der Waals surface area contributed by atoms with Crippen LogP contribution < -0.4 is 10.6 Å². The van der Waals surface area contributed by atoms with Gasteiger partial charge in [0.1, 0.15) is 13.2 Å². The molecule has 0 saturated heterocycles. The van der Waals surface area contributed by atoms with E-state index in [0.29, 0.717) is 17.0 Å². The van der Waals surface area contributed by atoms with Crippen molar-refractivity contribution in [2.45, 2.75) is 26.8 Å². The number of esters is 1. The highest BCUT2D eigenvalue weighted by molar-refractivity contribution is 6.00. The molecule has 7 heteroatoms. The third-order valence-electron chi connectivity index (χ3n) is 5.22. The molecule has 2 aromatic rings. The Kier molecular flexibility index (Phi) is 5.03. The van der Waals surface area contributed by atoms with Crippen LogP contribution in [0.25, 0.3) is 0 Å². The summed E-state index contributed by atoms with van der Waals surface area (Å²) in [6, 6.07) is 12.3. The molecule has 0 aromatic heterocycles. The van der Waals surface area contributed by atoms with Gasteiger partial charge in [0.15, 0.2) is 0 Å². The molecule has 30 heavy (non-hydrogen) atoms. The molecule has 2 aliphatic heterocycles. The Morgan fingerprint density at radius 2 is 1.73 bits per heavy atom. The second-order valence-electron chi connectivity index (χ2n) is 7.74. The third-order valence-corrected chi connectivity index (χ3v) is 5.22. The summed E-state index contributed by atoms with van der Waals surface area (Å²) in [6.07, 6.45) is 0. The summed E-state index contributed by atoms with van der Waals surface area (Å²) >= 11 is 0. The van der Waals surface area contributed by atoms with Gasteiger partial charge >= 0.3 is 12.0 Å². The van der Waals surface area contributed by atoms with Crippen molar-refractivity contribution >= 4 is 23.6 Å². The average Bonchev–Trinajstić information content (AvgIpc) is 3.05. The minimum Gasteiger partial charge on any atom is -0.456 e. The molecule has 2 N–H and O–H groups in total. The number of benzene rings is 2. The summed E-state index contributed by atoms with van der Waals surface area (Å²) in [5, 5.41) is 5.66. The van der Waals surface area contributed by atoms with E-state index in [-0.39, 0.29) is 19.1 Å². The minimum atomic E-state index is -0.596. The van der Waals surface area contributed by atoms with E-state index >= 15 is 0 Å². The second-order valence-corrected chi connectivity index (χ2v) is 7.74. The number of carbonyl (C=O) groups is 3. The monoisotopic (exact) mass is 405 g/mol. The number of hydrogen-bond acceptors (Lipinski definition) is 4. The van der Waals surface area contributed by atoms with Crippen molar-refractivity contribution in [3.63, 3.8) is 0 Å². The molecule has 2 aromatic carbocycles. The van der Waals surface area contributed by atoms with Crippen molar-refractivity contribution in [2.75, 3.05) is 18.5 Å². The Morgan fingerprint density at radius 1 is 1.07 bits per heavy atom. The largest absolute Gasteiger partial charge is 0.456 e. The molecule has 0 fully saturated rings. The molecule has 3 amide bonds. The van der Waals surface area contributed by atoms with Gasteiger partial charge in [-0.05, 0) is 49.6 Å². The molecule has 2 heterocycles. The van der Waals surface area contributed by atoms with E-state index in [9.17, 15) is 14.4 Å². The number of anilines is 1. The van der Waals surface area contributed by atoms with E-state index < -0.39 is 18.0 Å². The maximum absolute atomic E-state index is 12.8. The fourth-order valence-corrected chi connectivity index (χ4v) is 3.88. The fraction of sp³-hybridized carbons (Fsp3) is 0.261. The Morgan fingerprint density at radius 3 is 2.40 bits per heavy atom. The second kappa shape index (κ2) is 7.67. The number of aryl methyl sites for hydroxylation is 3. The first-order valence-corrected chi connectivity index (χ1v) is 9.75. The molecule has 0 unspecified atom stereocenters. The lowest BCUT2D eigenvalue weighted by molar-refractivity contribution is -0.136. The Bertz CT molecular complexity index is 1050. The van der Waals surface area contributed by atoms with Crippen LogP contribution in [0.3, 0.4) is 0 Å². The number of amides is 3. The van der Waals surface area contributed by atoms with E-state index in [4.69, 9.17) is 4.74 Å². The molecule has 7 nitrogen and oxygen atoms in total. The molecule has 2 aliphatic rings. The van der Waals surface area contributed by atoms with Gasteiger partial charge in [-0.2, -0.15) is 0 Å². The number of cyclic esters (lactones) is 1. The lowest BCUT2D eigenvalue weighted by atomic mass is 9.95. The van der Waals surface area contributed by atoms with Gasteiger partial charge in [0.2, 0.25) is 5.91 Å². The zero-order chi connectivity index (χ0) is 21.4. The Hall–Kier alpha value is -3.61. The number of nitrogens with zero attached hydrogens (tertiary/aromatic N) is 1. The van der Waals surface area contributed by atoms with E-state index in [0.717, 1.165) is 22.3 Å². The van der Waals surface area contributed by atoms with Gasteiger partial charge in [0.05, 0.1) is 17.3 Å². The van der Waals surface area contributed by atoms with Crippen molar-refractivity contribution in [1.82, 2.24) is 10.2 Å². The molecule has 0 bridgehead atoms.